The maximum absolute atomic E-state index is 11.3. The van der Waals surface area contributed by atoms with Crippen LogP contribution in [0.4, 0.5) is 22.7 Å². The minimum Gasteiger partial charge on any atom is -0.354 e. The monoisotopic (exact) mass is 350 g/mol. The number of pyridine rings is 1. The number of aromatic nitrogens is 1. The molecule has 132 valence electrons. The van der Waals surface area contributed by atoms with Crippen molar-refractivity contribution >= 4 is 39.6 Å². The summed E-state index contributed by atoms with van der Waals surface area (Å²) in [5.74, 6) is -0.123. The molecule has 26 heavy (non-hydrogen) atoms. The molecule has 1 heterocycles. The van der Waals surface area contributed by atoms with E-state index in [4.69, 9.17) is 0 Å². The number of aryl methyl sites for hydroxylation is 2. The summed E-state index contributed by atoms with van der Waals surface area (Å²) in [7, 11) is 0. The summed E-state index contributed by atoms with van der Waals surface area (Å²) in [6.07, 6.45) is 1.60. The van der Waals surface area contributed by atoms with Crippen molar-refractivity contribution in [1.29, 1.82) is 0 Å². The molecule has 0 saturated heterocycles. The van der Waals surface area contributed by atoms with Crippen LogP contribution in [0.15, 0.2) is 42.6 Å². The van der Waals surface area contributed by atoms with Gasteiger partial charge in [0.25, 0.3) is 5.69 Å². The number of carbonyl (C=O) groups excluding carboxylic acids is 1. The Bertz CT molecular complexity index is 1010. The second kappa shape index (κ2) is 6.79. The summed E-state index contributed by atoms with van der Waals surface area (Å²) in [6, 6.07) is 10.3. The van der Waals surface area contributed by atoms with E-state index >= 15 is 0 Å². The van der Waals surface area contributed by atoms with Gasteiger partial charge < -0.3 is 10.6 Å². The van der Waals surface area contributed by atoms with Crippen molar-refractivity contribution in [3.05, 3.63) is 63.8 Å². The van der Waals surface area contributed by atoms with Crippen molar-refractivity contribution in [2.24, 2.45) is 0 Å². The third kappa shape index (κ3) is 3.32. The molecule has 0 saturated carbocycles. The summed E-state index contributed by atoms with van der Waals surface area (Å²) in [5.41, 5.74) is 4.67. The lowest BCUT2D eigenvalue weighted by molar-refractivity contribution is -0.383. The lowest BCUT2D eigenvalue weighted by atomic mass is 10.1. The molecular weight excluding hydrogens is 332 g/mol. The van der Waals surface area contributed by atoms with Gasteiger partial charge in [0.15, 0.2) is 0 Å². The summed E-state index contributed by atoms with van der Waals surface area (Å²) >= 11 is 0. The number of anilines is 3. The van der Waals surface area contributed by atoms with Crippen LogP contribution in [0.5, 0.6) is 0 Å². The Morgan fingerprint density at radius 1 is 1.15 bits per heavy atom. The first-order valence-electron chi connectivity index (χ1n) is 8.05. The Kier molecular flexibility index (Phi) is 4.53. The molecule has 2 aromatic carbocycles. The first-order valence-corrected chi connectivity index (χ1v) is 8.05. The minimum absolute atomic E-state index is 0.0204. The highest BCUT2D eigenvalue weighted by atomic mass is 16.6. The number of amides is 1. The fraction of sp³-hybridized carbons (Fsp3) is 0.158. The molecule has 7 nitrogen and oxygen atoms in total. The second-order valence-electron chi connectivity index (χ2n) is 6.08. The Morgan fingerprint density at radius 2 is 1.85 bits per heavy atom. The number of nitro groups is 1. The van der Waals surface area contributed by atoms with Crippen molar-refractivity contribution < 1.29 is 9.72 Å². The van der Waals surface area contributed by atoms with Gasteiger partial charge in [0.2, 0.25) is 5.91 Å². The zero-order valence-corrected chi connectivity index (χ0v) is 14.7. The molecule has 0 bridgehead atoms. The number of carbonyl (C=O) groups is 1. The zero-order valence-electron chi connectivity index (χ0n) is 14.7. The van der Waals surface area contributed by atoms with E-state index in [9.17, 15) is 14.9 Å². The predicted octanol–water partition coefficient (Wildman–Crippen LogP) is 4.46. The van der Waals surface area contributed by atoms with E-state index in [0.29, 0.717) is 16.6 Å². The molecule has 0 aliphatic rings. The molecule has 0 aliphatic carbocycles. The third-order valence-corrected chi connectivity index (χ3v) is 4.06. The number of nitro benzene ring substituents is 1. The molecule has 3 aromatic rings. The predicted molar refractivity (Wildman–Crippen MR) is 102 cm³/mol. The molecule has 0 spiro atoms. The van der Waals surface area contributed by atoms with E-state index in [2.05, 4.69) is 15.6 Å². The normalized spacial score (nSPS) is 10.6. The van der Waals surface area contributed by atoms with Gasteiger partial charge in [-0.25, -0.2) is 0 Å². The standard InChI is InChI=1S/C19H18N4O3/c1-11-9-14(10-12(2)18(11)21-13(3)24)22-16-6-7-17(23(25)26)15-5-4-8-20-19(15)16/h4-10,22H,1-3H3,(H,21,24). The molecule has 1 aromatic heterocycles. The van der Waals surface area contributed by atoms with Crippen molar-refractivity contribution in [3.63, 3.8) is 0 Å². The van der Waals surface area contributed by atoms with Crippen LogP contribution in [0.25, 0.3) is 10.9 Å². The van der Waals surface area contributed by atoms with E-state index in [1.165, 1.54) is 13.0 Å². The van der Waals surface area contributed by atoms with E-state index in [-0.39, 0.29) is 11.6 Å². The van der Waals surface area contributed by atoms with Gasteiger partial charge in [-0.15, -0.1) is 0 Å². The van der Waals surface area contributed by atoms with Crippen LogP contribution >= 0.6 is 0 Å². The average molecular weight is 350 g/mol. The number of rotatable bonds is 4. The van der Waals surface area contributed by atoms with Gasteiger partial charge in [-0.1, -0.05) is 0 Å². The van der Waals surface area contributed by atoms with Crippen LogP contribution < -0.4 is 10.6 Å². The van der Waals surface area contributed by atoms with Gasteiger partial charge in [-0.05, 0) is 55.3 Å². The Balaban J connectivity index is 2.04. The summed E-state index contributed by atoms with van der Waals surface area (Å²) in [6.45, 7) is 5.30. The fourth-order valence-electron chi connectivity index (χ4n) is 2.98. The summed E-state index contributed by atoms with van der Waals surface area (Å²) in [5, 5.41) is 17.8. The van der Waals surface area contributed by atoms with Gasteiger partial charge in [0, 0.05) is 30.6 Å². The van der Waals surface area contributed by atoms with Crippen molar-refractivity contribution in [2.45, 2.75) is 20.8 Å². The van der Waals surface area contributed by atoms with Crippen LogP contribution in [0.2, 0.25) is 0 Å². The number of nitrogens with zero attached hydrogens (tertiary/aromatic N) is 2. The van der Waals surface area contributed by atoms with E-state index in [1.807, 2.05) is 26.0 Å². The molecule has 0 radical (unpaired) electrons. The first-order chi connectivity index (χ1) is 12.4. The highest BCUT2D eigenvalue weighted by molar-refractivity contribution is 5.98. The SMILES string of the molecule is CC(=O)Nc1c(C)cc(Nc2ccc([N+](=O)[O-])c3cccnc23)cc1C. The van der Waals surface area contributed by atoms with Crippen LogP contribution in [-0.4, -0.2) is 15.8 Å². The fourth-order valence-corrected chi connectivity index (χ4v) is 2.98. The largest absolute Gasteiger partial charge is 0.354 e. The van der Waals surface area contributed by atoms with E-state index in [1.54, 1.807) is 24.4 Å². The van der Waals surface area contributed by atoms with E-state index in [0.717, 1.165) is 22.5 Å². The highest BCUT2D eigenvalue weighted by Crippen LogP contribution is 2.33. The second-order valence-corrected chi connectivity index (χ2v) is 6.08. The quantitative estimate of drug-likeness (QED) is 0.535. The van der Waals surface area contributed by atoms with Crippen LogP contribution in [0, 0.1) is 24.0 Å². The summed E-state index contributed by atoms with van der Waals surface area (Å²) in [4.78, 5) is 26.4. The number of hydrogen-bond donors (Lipinski definition) is 2. The lowest BCUT2D eigenvalue weighted by Gasteiger charge is -2.15. The molecule has 0 fully saturated rings. The van der Waals surface area contributed by atoms with Gasteiger partial charge in [0.1, 0.15) is 5.52 Å². The first kappa shape index (κ1) is 17.3. The van der Waals surface area contributed by atoms with Gasteiger partial charge in [-0.2, -0.15) is 0 Å². The minimum atomic E-state index is -0.412. The third-order valence-electron chi connectivity index (χ3n) is 4.06. The Labute approximate surface area is 150 Å². The molecule has 2 N–H and O–H groups in total. The molecular formula is C19H18N4O3. The Hall–Kier alpha value is -3.48. The van der Waals surface area contributed by atoms with Crippen molar-refractivity contribution in [2.75, 3.05) is 10.6 Å². The van der Waals surface area contributed by atoms with Crippen LogP contribution in [0.1, 0.15) is 18.1 Å². The van der Waals surface area contributed by atoms with Crippen molar-refractivity contribution in [1.82, 2.24) is 4.98 Å². The number of hydrogen-bond acceptors (Lipinski definition) is 5. The van der Waals surface area contributed by atoms with Crippen molar-refractivity contribution in [3.8, 4) is 0 Å². The lowest BCUT2D eigenvalue weighted by Crippen LogP contribution is -2.09. The summed E-state index contributed by atoms with van der Waals surface area (Å²) < 4.78 is 0. The number of nitrogens with one attached hydrogen (secondary N) is 2. The number of non-ortho nitro benzene ring substituents is 1. The maximum Gasteiger partial charge on any atom is 0.278 e. The highest BCUT2D eigenvalue weighted by Gasteiger charge is 2.15. The van der Waals surface area contributed by atoms with Gasteiger partial charge >= 0.3 is 0 Å². The maximum atomic E-state index is 11.3. The van der Waals surface area contributed by atoms with Gasteiger partial charge in [0.05, 0.1) is 16.0 Å². The molecule has 7 heteroatoms. The molecule has 0 atom stereocenters. The topological polar surface area (TPSA) is 97.2 Å². The van der Waals surface area contributed by atoms with Gasteiger partial charge in [-0.3, -0.25) is 19.9 Å². The van der Waals surface area contributed by atoms with Crippen LogP contribution in [-0.2, 0) is 4.79 Å². The smallest absolute Gasteiger partial charge is 0.278 e. The number of benzene rings is 2. The van der Waals surface area contributed by atoms with E-state index < -0.39 is 4.92 Å². The zero-order chi connectivity index (χ0) is 18.8. The molecule has 0 aliphatic heterocycles. The van der Waals surface area contributed by atoms with Crippen LogP contribution in [0.3, 0.4) is 0 Å². The Morgan fingerprint density at radius 3 is 2.46 bits per heavy atom. The number of fused-ring (bicyclic) bond motifs is 1. The molecule has 0 unspecified atom stereocenters. The molecule has 1 amide bonds. The molecule has 3 rings (SSSR count). The average Bonchev–Trinajstić information content (AvgIpc) is 2.58.